The molecule has 1 aliphatic heterocycles. The maximum atomic E-state index is 6.08. The molecule has 19 heavy (non-hydrogen) atoms. The molecule has 0 bridgehead atoms. The smallest absolute Gasteiger partial charge is 0.242 e. The number of anilines is 2. The maximum absolute atomic E-state index is 6.08. The van der Waals surface area contributed by atoms with Gasteiger partial charge in [-0.3, -0.25) is 0 Å². The van der Waals surface area contributed by atoms with Gasteiger partial charge in [-0.2, -0.15) is 4.98 Å². The molecule has 1 fully saturated rings. The van der Waals surface area contributed by atoms with E-state index in [0.717, 1.165) is 24.8 Å². The predicted molar refractivity (Wildman–Crippen MR) is 77.5 cm³/mol. The summed E-state index contributed by atoms with van der Waals surface area (Å²) in [5, 5.41) is 0. The number of hydrogen-bond donors (Lipinski definition) is 1. The van der Waals surface area contributed by atoms with Gasteiger partial charge in [0.05, 0.1) is 7.11 Å². The third kappa shape index (κ3) is 3.28. The van der Waals surface area contributed by atoms with Gasteiger partial charge in [0.2, 0.25) is 5.88 Å². The number of nitrogens with zero attached hydrogens (tertiary/aromatic N) is 3. The largest absolute Gasteiger partial charge is 0.479 e. The van der Waals surface area contributed by atoms with Crippen LogP contribution < -0.4 is 15.4 Å². The summed E-state index contributed by atoms with van der Waals surface area (Å²) in [5.41, 5.74) is 6.63. The predicted octanol–water partition coefficient (Wildman–Crippen LogP) is 2.47. The second-order valence-corrected chi connectivity index (χ2v) is 5.19. The van der Waals surface area contributed by atoms with Crippen molar-refractivity contribution in [3.63, 3.8) is 0 Å². The first kappa shape index (κ1) is 13.9. The fraction of sp³-hybridized carbons (Fsp3) is 0.714. The second-order valence-electron chi connectivity index (χ2n) is 5.19. The third-order valence-corrected chi connectivity index (χ3v) is 3.86. The average molecular weight is 264 g/mol. The van der Waals surface area contributed by atoms with Crippen LogP contribution in [0.3, 0.4) is 0 Å². The Labute approximate surface area is 115 Å². The molecule has 1 aliphatic rings. The lowest BCUT2D eigenvalue weighted by Crippen LogP contribution is -2.26. The quantitative estimate of drug-likeness (QED) is 0.905. The van der Waals surface area contributed by atoms with Crippen molar-refractivity contribution < 1.29 is 4.74 Å². The Morgan fingerprint density at radius 2 is 2.21 bits per heavy atom. The monoisotopic (exact) mass is 264 g/mol. The summed E-state index contributed by atoms with van der Waals surface area (Å²) in [6, 6.07) is 0. The van der Waals surface area contributed by atoms with Crippen LogP contribution in [0.4, 0.5) is 11.5 Å². The van der Waals surface area contributed by atoms with Crippen molar-refractivity contribution >= 4 is 11.5 Å². The number of ether oxygens (including phenoxy) is 1. The Hall–Kier alpha value is -1.52. The first-order valence-corrected chi connectivity index (χ1v) is 7.15. The molecule has 2 N–H and O–H groups in total. The van der Waals surface area contributed by atoms with Gasteiger partial charge in [0, 0.05) is 13.1 Å². The zero-order valence-corrected chi connectivity index (χ0v) is 11.9. The Bertz CT molecular complexity index is 410. The Balaban J connectivity index is 2.10. The van der Waals surface area contributed by atoms with Gasteiger partial charge >= 0.3 is 0 Å². The van der Waals surface area contributed by atoms with Crippen LogP contribution >= 0.6 is 0 Å². The number of nitrogens with two attached hydrogens (primary N) is 1. The molecule has 0 aromatic carbocycles. The lowest BCUT2D eigenvalue weighted by molar-refractivity contribution is 0.399. The van der Waals surface area contributed by atoms with Crippen molar-refractivity contribution in [3.8, 4) is 5.88 Å². The lowest BCUT2D eigenvalue weighted by Gasteiger charge is -2.23. The van der Waals surface area contributed by atoms with E-state index in [0.29, 0.717) is 11.6 Å². The van der Waals surface area contributed by atoms with Crippen molar-refractivity contribution in [1.29, 1.82) is 0 Å². The van der Waals surface area contributed by atoms with E-state index in [4.69, 9.17) is 10.5 Å². The lowest BCUT2D eigenvalue weighted by atomic mass is 9.96. The fourth-order valence-electron chi connectivity index (χ4n) is 2.86. The summed E-state index contributed by atoms with van der Waals surface area (Å²) in [6.45, 7) is 4.30. The van der Waals surface area contributed by atoms with Gasteiger partial charge in [0.1, 0.15) is 12.0 Å². The van der Waals surface area contributed by atoms with E-state index in [-0.39, 0.29) is 0 Å². The number of methoxy groups -OCH3 is 1. The highest BCUT2D eigenvalue weighted by atomic mass is 16.5. The summed E-state index contributed by atoms with van der Waals surface area (Å²) in [5.74, 6) is 2.14. The molecule has 1 aromatic rings. The van der Waals surface area contributed by atoms with E-state index in [1.54, 1.807) is 7.11 Å². The molecule has 1 saturated heterocycles. The molecule has 2 heterocycles. The number of rotatable bonds is 4. The Kier molecular flexibility index (Phi) is 4.82. The first-order chi connectivity index (χ1) is 9.26. The SMILES string of the molecule is CCCC1CCCN(c2ncnc(OC)c2N)CC1. The maximum Gasteiger partial charge on any atom is 0.242 e. The van der Waals surface area contributed by atoms with Crippen molar-refractivity contribution in [1.82, 2.24) is 9.97 Å². The zero-order chi connectivity index (χ0) is 13.7. The summed E-state index contributed by atoms with van der Waals surface area (Å²) >= 11 is 0. The third-order valence-electron chi connectivity index (χ3n) is 3.86. The van der Waals surface area contributed by atoms with Crippen LogP contribution in [0.5, 0.6) is 5.88 Å². The van der Waals surface area contributed by atoms with Crippen LogP contribution in [-0.2, 0) is 0 Å². The van der Waals surface area contributed by atoms with Gasteiger partial charge in [0.25, 0.3) is 0 Å². The number of aromatic nitrogens is 2. The molecule has 0 spiro atoms. The first-order valence-electron chi connectivity index (χ1n) is 7.15. The topological polar surface area (TPSA) is 64.3 Å². The van der Waals surface area contributed by atoms with E-state index in [9.17, 15) is 0 Å². The van der Waals surface area contributed by atoms with Gasteiger partial charge in [-0.15, -0.1) is 0 Å². The summed E-state index contributed by atoms with van der Waals surface area (Å²) in [6.07, 6.45) is 7.87. The van der Waals surface area contributed by atoms with Crippen molar-refractivity contribution in [3.05, 3.63) is 6.33 Å². The van der Waals surface area contributed by atoms with Crippen molar-refractivity contribution in [2.45, 2.75) is 39.0 Å². The molecular formula is C14H24N4O. The second kappa shape index (κ2) is 6.59. The molecular weight excluding hydrogens is 240 g/mol. The molecule has 0 aliphatic carbocycles. The highest BCUT2D eigenvalue weighted by Crippen LogP contribution is 2.30. The van der Waals surface area contributed by atoms with Crippen molar-refractivity contribution in [2.24, 2.45) is 5.92 Å². The summed E-state index contributed by atoms with van der Waals surface area (Å²) in [7, 11) is 1.59. The van der Waals surface area contributed by atoms with Crippen LogP contribution in [0, 0.1) is 5.92 Å². The van der Waals surface area contributed by atoms with E-state index >= 15 is 0 Å². The number of nitrogen functional groups attached to an aromatic ring is 1. The molecule has 1 aromatic heterocycles. The fourth-order valence-corrected chi connectivity index (χ4v) is 2.86. The van der Waals surface area contributed by atoms with Gasteiger partial charge < -0.3 is 15.4 Å². The average Bonchev–Trinajstić information content (AvgIpc) is 2.65. The van der Waals surface area contributed by atoms with E-state index < -0.39 is 0 Å². The van der Waals surface area contributed by atoms with Gasteiger partial charge in [-0.1, -0.05) is 19.8 Å². The summed E-state index contributed by atoms with van der Waals surface area (Å²) in [4.78, 5) is 10.6. The van der Waals surface area contributed by atoms with Crippen LogP contribution in [0.2, 0.25) is 0 Å². The van der Waals surface area contributed by atoms with E-state index in [1.165, 1.54) is 38.4 Å². The zero-order valence-electron chi connectivity index (χ0n) is 11.9. The Morgan fingerprint density at radius 3 is 2.95 bits per heavy atom. The molecule has 5 heteroatoms. The minimum absolute atomic E-state index is 0.472. The molecule has 0 radical (unpaired) electrons. The minimum atomic E-state index is 0.472. The molecule has 1 unspecified atom stereocenters. The van der Waals surface area contributed by atoms with Crippen LogP contribution in [0.1, 0.15) is 39.0 Å². The molecule has 5 nitrogen and oxygen atoms in total. The van der Waals surface area contributed by atoms with E-state index in [1.807, 2.05) is 0 Å². The van der Waals surface area contributed by atoms with Gasteiger partial charge in [-0.25, -0.2) is 4.98 Å². The standard InChI is InChI=1S/C14H24N4O/c1-3-5-11-6-4-8-18(9-7-11)13-12(15)14(19-2)17-10-16-13/h10-11H,3-9,15H2,1-2H3. The molecule has 2 rings (SSSR count). The minimum Gasteiger partial charge on any atom is -0.479 e. The van der Waals surface area contributed by atoms with E-state index in [2.05, 4.69) is 21.8 Å². The van der Waals surface area contributed by atoms with Gasteiger partial charge in [0.15, 0.2) is 5.82 Å². The summed E-state index contributed by atoms with van der Waals surface area (Å²) < 4.78 is 5.16. The van der Waals surface area contributed by atoms with Crippen LogP contribution in [0.15, 0.2) is 6.33 Å². The molecule has 1 atom stereocenters. The van der Waals surface area contributed by atoms with Crippen molar-refractivity contribution in [2.75, 3.05) is 30.8 Å². The Morgan fingerprint density at radius 1 is 1.37 bits per heavy atom. The number of hydrogen-bond acceptors (Lipinski definition) is 5. The molecule has 0 saturated carbocycles. The van der Waals surface area contributed by atoms with Gasteiger partial charge in [-0.05, 0) is 25.2 Å². The van der Waals surface area contributed by atoms with Crippen LogP contribution in [-0.4, -0.2) is 30.2 Å². The molecule has 106 valence electrons. The highest BCUT2D eigenvalue weighted by molar-refractivity contribution is 5.67. The normalized spacial score (nSPS) is 20.1. The highest BCUT2D eigenvalue weighted by Gasteiger charge is 2.20. The van der Waals surface area contributed by atoms with Crippen LogP contribution in [0.25, 0.3) is 0 Å². The molecule has 0 amide bonds.